The second-order valence-corrected chi connectivity index (χ2v) is 7.01. The minimum absolute atomic E-state index is 0.0304. The van der Waals surface area contributed by atoms with E-state index in [1.165, 1.54) is 18.3 Å². The average molecular weight is 431 g/mol. The number of nitro groups is 1. The SMILES string of the molecule is O=C(NN=Cc1ccc(Cl)c([N+](=O)[O-])c1)c1cc(-c2ccccc2)nc2ccccc12. The van der Waals surface area contributed by atoms with Gasteiger partial charge in [0.25, 0.3) is 11.6 Å². The highest BCUT2D eigenvalue weighted by Gasteiger charge is 2.14. The molecule has 0 unspecified atom stereocenters. The van der Waals surface area contributed by atoms with E-state index in [2.05, 4.69) is 15.5 Å². The van der Waals surface area contributed by atoms with Crippen LogP contribution in [0.2, 0.25) is 5.02 Å². The minimum atomic E-state index is -0.577. The molecule has 1 amide bonds. The molecule has 1 N–H and O–H groups in total. The summed E-state index contributed by atoms with van der Waals surface area (Å²) in [6.45, 7) is 0. The lowest BCUT2D eigenvalue weighted by atomic mass is 10.0. The normalized spacial score (nSPS) is 11.0. The first-order valence-electron chi connectivity index (χ1n) is 9.25. The molecule has 4 aromatic rings. The van der Waals surface area contributed by atoms with E-state index in [0.29, 0.717) is 27.7 Å². The monoisotopic (exact) mass is 430 g/mol. The highest BCUT2D eigenvalue weighted by Crippen LogP contribution is 2.25. The number of hydrogen-bond acceptors (Lipinski definition) is 5. The molecule has 0 aliphatic carbocycles. The zero-order valence-electron chi connectivity index (χ0n) is 16.0. The molecule has 8 heteroatoms. The zero-order chi connectivity index (χ0) is 21.8. The minimum Gasteiger partial charge on any atom is -0.267 e. The van der Waals surface area contributed by atoms with Gasteiger partial charge in [-0.25, -0.2) is 10.4 Å². The summed E-state index contributed by atoms with van der Waals surface area (Å²) in [5.74, 6) is -0.421. The van der Waals surface area contributed by atoms with Crippen LogP contribution in [-0.4, -0.2) is 22.0 Å². The number of fused-ring (bicyclic) bond motifs is 1. The fourth-order valence-corrected chi connectivity index (χ4v) is 3.28. The summed E-state index contributed by atoms with van der Waals surface area (Å²) in [6, 6.07) is 22.9. The molecule has 0 saturated heterocycles. The first-order valence-corrected chi connectivity index (χ1v) is 9.63. The van der Waals surface area contributed by atoms with Crippen molar-refractivity contribution >= 4 is 40.3 Å². The second kappa shape index (κ2) is 8.73. The van der Waals surface area contributed by atoms with Gasteiger partial charge in [0.15, 0.2) is 0 Å². The van der Waals surface area contributed by atoms with Crippen LogP contribution in [0.1, 0.15) is 15.9 Å². The van der Waals surface area contributed by atoms with Gasteiger partial charge in [0.05, 0.1) is 27.9 Å². The maximum Gasteiger partial charge on any atom is 0.288 e. The quantitative estimate of drug-likeness (QED) is 0.266. The number of para-hydroxylation sites is 1. The van der Waals surface area contributed by atoms with Crippen LogP contribution in [0.3, 0.4) is 0 Å². The summed E-state index contributed by atoms with van der Waals surface area (Å²) < 4.78 is 0. The Hall–Kier alpha value is -4.10. The van der Waals surface area contributed by atoms with Crippen LogP contribution in [0.5, 0.6) is 0 Å². The van der Waals surface area contributed by atoms with Crippen LogP contribution in [0.15, 0.2) is 84.0 Å². The van der Waals surface area contributed by atoms with Crippen molar-refractivity contribution in [1.29, 1.82) is 0 Å². The van der Waals surface area contributed by atoms with Crippen LogP contribution in [0, 0.1) is 10.1 Å². The number of hydrogen-bond donors (Lipinski definition) is 1. The molecule has 0 bridgehead atoms. The Labute approximate surface area is 182 Å². The van der Waals surface area contributed by atoms with E-state index in [1.54, 1.807) is 12.1 Å². The Morgan fingerprint density at radius 1 is 1.03 bits per heavy atom. The van der Waals surface area contributed by atoms with E-state index < -0.39 is 10.8 Å². The number of amides is 1. The van der Waals surface area contributed by atoms with Gasteiger partial charge in [0.1, 0.15) is 5.02 Å². The van der Waals surface area contributed by atoms with Crippen LogP contribution >= 0.6 is 11.6 Å². The van der Waals surface area contributed by atoms with Crippen LogP contribution < -0.4 is 5.43 Å². The van der Waals surface area contributed by atoms with Gasteiger partial charge in [-0.2, -0.15) is 5.10 Å². The maximum absolute atomic E-state index is 12.9. The topological polar surface area (TPSA) is 97.5 Å². The first kappa shape index (κ1) is 20.2. The molecule has 0 aliphatic rings. The molecule has 1 aromatic heterocycles. The zero-order valence-corrected chi connectivity index (χ0v) is 16.8. The van der Waals surface area contributed by atoms with E-state index in [0.717, 1.165) is 5.56 Å². The summed E-state index contributed by atoms with van der Waals surface area (Å²) in [6.07, 6.45) is 1.32. The number of halogens is 1. The van der Waals surface area contributed by atoms with Gasteiger partial charge in [-0.15, -0.1) is 0 Å². The third-order valence-corrected chi connectivity index (χ3v) is 4.90. The summed E-state index contributed by atoms with van der Waals surface area (Å²) >= 11 is 5.81. The predicted octanol–water partition coefficient (Wildman–Crippen LogP) is 5.23. The molecular formula is C23H15ClN4O3. The molecule has 0 atom stereocenters. The molecule has 1 heterocycles. The van der Waals surface area contributed by atoms with Crippen molar-refractivity contribution in [1.82, 2.24) is 10.4 Å². The molecule has 3 aromatic carbocycles. The summed E-state index contributed by atoms with van der Waals surface area (Å²) in [5, 5.41) is 15.7. The number of aromatic nitrogens is 1. The maximum atomic E-state index is 12.9. The lowest BCUT2D eigenvalue weighted by molar-refractivity contribution is -0.384. The highest BCUT2D eigenvalue weighted by atomic mass is 35.5. The number of hydrazone groups is 1. The van der Waals surface area contributed by atoms with Crippen LogP contribution in [-0.2, 0) is 0 Å². The predicted molar refractivity (Wildman–Crippen MR) is 120 cm³/mol. The number of carbonyl (C=O) groups is 1. The van der Waals surface area contributed by atoms with Crippen molar-refractivity contribution in [3.05, 3.63) is 105 Å². The summed E-state index contributed by atoms with van der Waals surface area (Å²) in [4.78, 5) is 28.0. The molecule has 0 fully saturated rings. The van der Waals surface area contributed by atoms with Gasteiger partial charge in [0.2, 0.25) is 0 Å². The standard InChI is InChI=1S/C23H15ClN4O3/c24-19-11-10-15(12-22(19)28(30)31)14-25-27-23(29)18-13-21(16-6-2-1-3-7-16)26-20-9-5-4-8-17(18)20/h1-14H,(H,27,29). The van der Waals surface area contributed by atoms with Crippen molar-refractivity contribution in [2.75, 3.05) is 0 Å². The van der Waals surface area contributed by atoms with Crippen molar-refractivity contribution in [2.45, 2.75) is 0 Å². The lowest BCUT2D eigenvalue weighted by Gasteiger charge is -2.09. The summed E-state index contributed by atoms with van der Waals surface area (Å²) in [7, 11) is 0. The van der Waals surface area contributed by atoms with Gasteiger partial charge in [0, 0.05) is 22.6 Å². The molecule has 31 heavy (non-hydrogen) atoms. The molecular weight excluding hydrogens is 416 g/mol. The Morgan fingerprint density at radius 3 is 2.55 bits per heavy atom. The number of carbonyl (C=O) groups excluding carboxylic acids is 1. The van der Waals surface area contributed by atoms with Crippen LogP contribution in [0.4, 0.5) is 5.69 Å². The van der Waals surface area contributed by atoms with Crippen LogP contribution in [0.25, 0.3) is 22.2 Å². The molecule has 7 nitrogen and oxygen atoms in total. The van der Waals surface area contributed by atoms with Gasteiger partial charge in [-0.1, -0.05) is 66.2 Å². The van der Waals surface area contributed by atoms with E-state index in [4.69, 9.17) is 11.6 Å². The summed E-state index contributed by atoms with van der Waals surface area (Å²) in [5.41, 5.74) is 5.34. The van der Waals surface area contributed by atoms with Gasteiger partial charge < -0.3 is 0 Å². The third kappa shape index (κ3) is 4.41. The second-order valence-electron chi connectivity index (χ2n) is 6.61. The van der Waals surface area contributed by atoms with Gasteiger partial charge >= 0.3 is 0 Å². The van der Waals surface area contributed by atoms with E-state index in [9.17, 15) is 14.9 Å². The number of nitrogens with zero attached hydrogens (tertiary/aromatic N) is 3. The Morgan fingerprint density at radius 2 is 1.77 bits per heavy atom. The fraction of sp³-hybridized carbons (Fsp3) is 0. The van der Waals surface area contributed by atoms with E-state index in [1.807, 2.05) is 54.6 Å². The first-order chi connectivity index (χ1) is 15.0. The Balaban J connectivity index is 1.64. The number of nitrogens with one attached hydrogen (secondary N) is 1. The Kier molecular flexibility index (Phi) is 5.68. The van der Waals surface area contributed by atoms with Crippen molar-refractivity contribution in [3.63, 3.8) is 0 Å². The number of benzene rings is 3. The molecule has 0 saturated carbocycles. The highest BCUT2D eigenvalue weighted by molar-refractivity contribution is 6.32. The van der Waals surface area contributed by atoms with Crippen molar-refractivity contribution in [3.8, 4) is 11.3 Å². The van der Waals surface area contributed by atoms with Crippen molar-refractivity contribution < 1.29 is 9.72 Å². The molecule has 4 rings (SSSR count). The van der Waals surface area contributed by atoms with E-state index in [-0.39, 0.29) is 10.7 Å². The average Bonchev–Trinajstić information content (AvgIpc) is 2.79. The Bertz CT molecular complexity index is 1320. The molecule has 152 valence electrons. The number of pyridine rings is 1. The number of nitro benzene ring substituents is 1. The van der Waals surface area contributed by atoms with Gasteiger partial charge in [-0.05, 0) is 18.2 Å². The largest absolute Gasteiger partial charge is 0.288 e. The number of rotatable bonds is 5. The lowest BCUT2D eigenvalue weighted by Crippen LogP contribution is -2.18. The van der Waals surface area contributed by atoms with Crippen molar-refractivity contribution in [2.24, 2.45) is 5.10 Å². The third-order valence-electron chi connectivity index (χ3n) is 4.58. The smallest absolute Gasteiger partial charge is 0.267 e. The molecule has 0 spiro atoms. The molecule has 0 aliphatic heterocycles. The molecule has 0 radical (unpaired) electrons. The van der Waals surface area contributed by atoms with E-state index >= 15 is 0 Å². The van der Waals surface area contributed by atoms with Gasteiger partial charge in [-0.3, -0.25) is 14.9 Å². The fourth-order valence-electron chi connectivity index (χ4n) is 3.10.